The minimum atomic E-state index is -3.74. The quantitative estimate of drug-likeness (QED) is 0.753. The average molecular weight is 304 g/mol. The number of benzene rings is 1. The maximum Gasteiger partial charge on any atom is 0.240 e. The number of nitrogen functional groups attached to an aromatic ring is 1. The number of methoxy groups -OCH3 is 1. The van der Waals surface area contributed by atoms with Crippen LogP contribution in [0.5, 0.6) is 0 Å². The van der Waals surface area contributed by atoms with Crippen molar-refractivity contribution in [2.24, 2.45) is 0 Å². The lowest BCUT2D eigenvalue weighted by Gasteiger charge is -2.17. The second-order valence-corrected chi connectivity index (χ2v) is 6.42. The summed E-state index contributed by atoms with van der Waals surface area (Å²) in [7, 11) is -2.23. The van der Waals surface area contributed by atoms with E-state index in [1.807, 2.05) is 6.92 Å². The molecule has 0 radical (unpaired) electrons. The van der Waals surface area contributed by atoms with Gasteiger partial charge < -0.3 is 10.5 Å². The molecule has 7 heteroatoms. The van der Waals surface area contributed by atoms with Gasteiger partial charge in [-0.05, 0) is 31.0 Å². The molecule has 0 bridgehead atoms. The smallest absolute Gasteiger partial charge is 0.240 e. The third-order valence-corrected chi connectivity index (χ3v) is 4.39. The first-order valence-electron chi connectivity index (χ1n) is 6.38. The fourth-order valence-corrected chi connectivity index (χ4v) is 3.31. The van der Waals surface area contributed by atoms with Gasteiger partial charge in [-0.3, -0.25) is 0 Å². The molecule has 1 atom stereocenters. The molecule has 0 saturated carbocycles. The number of nitrogens with one attached hydrogen (secondary N) is 1. The van der Waals surface area contributed by atoms with E-state index in [2.05, 4.69) is 4.72 Å². The van der Waals surface area contributed by atoms with E-state index in [1.165, 1.54) is 20.1 Å². The number of nitrogens with two attached hydrogens (primary N) is 1. The molecule has 1 aromatic rings. The number of hydrogen-bond acceptors (Lipinski definition) is 4. The summed E-state index contributed by atoms with van der Waals surface area (Å²) in [5.74, 6) is -0.592. The summed E-state index contributed by atoms with van der Waals surface area (Å²) in [5.41, 5.74) is 5.50. The van der Waals surface area contributed by atoms with Crippen molar-refractivity contribution in [3.8, 4) is 0 Å². The van der Waals surface area contributed by atoms with Crippen LogP contribution in [0.3, 0.4) is 0 Å². The molecule has 0 saturated heterocycles. The van der Waals surface area contributed by atoms with Gasteiger partial charge in [0.2, 0.25) is 10.0 Å². The molecule has 0 spiro atoms. The number of aryl methyl sites for hydroxylation is 1. The Morgan fingerprint density at radius 3 is 2.60 bits per heavy atom. The van der Waals surface area contributed by atoms with Crippen molar-refractivity contribution < 1.29 is 17.5 Å². The lowest BCUT2D eigenvalue weighted by Crippen LogP contribution is -2.38. The summed E-state index contributed by atoms with van der Waals surface area (Å²) in [6, 6.07) is 2.08. The molecule has 5 nitrogen and oxygen atoms in total. The molecule has 114 valence electrons. The number of sulfonamides is 1. The maximum atomic E-state index is 13.4. The molecule has 1 unspecified atom stereocenters. The van der Waals surface area contributed by atoms with Crippen LogP contribution in [0.1, 0.15) is 25.3 Å². The summed E-state index contributed by atoms with van der Waals surface area (Å²) in [5, 5.41) is 0. The first-order valence-corrected chi connectivity index (χ1v) is 7.87. The third-order valence-electron chi connectivity index (χ3n) is 2.89. The SMILES string of the molecule is CCCC(COC)NS(=O)(=O)c1cc(C)c(F)c(N)c1. The van der Waals surface area contributed by atoms with Gasteiger partial charge in [-0.15, -0.1) is 0 Å². The molecule has 20 heavy (non-hydrogen) atoms. The van der Waals surface area contributed by atoms with E-state index in [-0.39, 0.29) is 28.8 Å². The van der Waals surface area contributed by atoms with E-state index in [1.54, 1.807) is 0 Å². The van der Waals surface area contributed by atoms with Gasteiger partial charge in [0.15, 0.2) is 0 Å². The number of rotatable bonds is 7. The predicted molar refractivity (Wildman–Crippen MR) is 76.4 cm³/mol. The molecule has 0 aliphatic rings. The molecule has 0 aromatic heterocycles. The highest BCUT2D eigenvalue weighted by molar-refractivity contribution is 7.89. The highest BCUT2D eigenvalue weighted by Crippen LogP contribution is 2.21. The number of anilines is 1. The molecule has 0 fully saturated rings. The van der Waals surface area contributed by atoms with Crippen LogP contribution in [-0.4, -0.2) is 28.2 Å². The molecule has 0 heterocycles. The highest BCUT2D eigenvalue weighted by atomic mass is 32.2. The topological polar surface area (TPSA) is 81.4 Å². The zero-order chi connectivity index (χ0) is 15.3. The van der Waals surface area contributed by atoms with Crippen molar-refractivity contribution in [3.05, 3.63) is 23.5 Å². The number of hydrogen-bond donors (Lipinski definition) is 2. The second kappa shape index (κ2) is 7.01. The molecule has 0 aliphatic carbocycles. The molecule has 0 amide bonds. The highest BCUT2D eigenvalue weighted by Gasteiger charge is 2.21. The van der Waals surface area contributed by atoms with Crippen molar-refractivity contribution in [3.63, 3.8) is 0 Å². The average Bonchev–Trinajstić information content (AvgIpc) is 2.35. The first-order chi connectivity index (χ1) is 9.31. The van der Waals surface area contributed by atoms with Gasteiger partial charge >= 0.3 is 0 Å². The van der Waals surface area contributed by atoms with Crippen LogP contribution in [-0.2, 0) is 14.8 Å². The first kappa shape index (κ1) is 16.9. The van der Waals surface area contributed by atoms with Gasteiger partial charge in [-0.2, -0.15) is 0 Å². The van der Waals surface area contributed by atoms with Crippen LogP contribution in [0.2, 0.25) is 0 Å². The van der Waals surface area contributed by atoms with Crippen molar-refractivity contribution in [1.82, 2.24) is 4.72 Å². The van der Waals surface area contributed by atoms with Gasteiger partial charge in [0.1, 0.15) is 5.82 Å². The van der Waals surface area contributed by atoms with Crippen molar-refractivity contribution >= 4 is 15.7 Å². The van der Waals surface area contributed by atoms with Crippen molar-refractivity contribution in [2.45, 2.75) is 37.6 Å². The Bertz CT molecular complexity index is 532. The van der Waals surface area contributed by atoms with Gasteiger partial charge in [-0.25, -0.2) is 17.5 Å². The molecule has 1 aromatic carbocycles. The largest absolute Gasteiger partial charge is 0.396 e. The summed E-state index contributed by atoms with van der Waals surface area (Å²) in [6.07, 6.45) is 1.48. The standard InChI is InChI=1S/C13H21FN2O3S/c1-4-5-10(8-19-3)16-20(17,18)11-6-9(2)13(14)12(15)7-11/h6-7,10,16H,4-5,8,15H2,1-3H3. The lowest BCUT2D eigenvalue weighted by atomic mass is 10.2. The van der Waals surface area contributed by atoms with E-state index < -0.39 is 15.8 Å². The predicted octanol–water partition coefficient (Wildman–Crippen LogP) is 1.81. The fraction of sp³-hybridized carbons (Fsp3) is 0.538. The van der Waals surface area contributed by atoms with Crippen molar-refractivity contribution in [1.29, 1.82) is 0 Å². The van der Waals surface area contributed by atoms with Crippen LogP contribution >= 0.6 is 0 Å². The van der Waals surface area contributed by atoms with E-state index in [0.717, 1.165) is 12.5 Å². The zero-order valence-corrected chi connectivity index (χ0v) is 12.8. The summed E-state index contributed by atoms with van der Waals surface area (Å²) in [4.78, 5) is -0.0360. The van der Waals surface area contributed by atoms with Gasteiger partial charge in [0, 0.05) is 13.2 Å². The monoisotopic (exact) mass is 304 g/mol. The van der Waals surface area contributed by atoms with Crippen LogP contribution in [0, 0.1) is 12.7 Å². The number of ether oxygens (including phenoxy) is 1. The Labute approximate surface area is 119 Å². The van der Waals surface area contributed by atoms with Crippen LogP contribution in [0.4, 0.5) is 10.1 Å². The van der Waals surface area contributed by atoms with Gasteiger partial charge in [-0.1, -0.05) is 13.3 Å². The Balaban J connectivity index is 3.04. The van der Waals surface area contributed by atoms with E-state index in [9.17, 15) is 12.8 Å². The van der Waals surface area contributed by atoms with Gasteiger partial charge in [0.25, 0.3) is 0 Å². The third kappa shape index (κ3) is 4.16. The van der Waals surface area contributed by atoms with Gasteiger partial charge in [0.05, 0.1) is 17.2 Å². The zero-order valence-electron chi connectivity index (χ0n) is 11.9. The Morgan fingerprint density at radius 1 is 1.45 bits per heavy atom. The van der Waals surface area contributed by atoms with Crippen LogP contribution in [0.15, 0.2) is 17.0 Å². The Morgan fingerprint density at radius 2 is 2.10 bits per heavy atom. The van der Waals surface area contributed by atoms with E-state index in [0.29, 0.717) is 6.42 Å². The Hall–Kier alpha value is -1.18. The van der Waals surface area contributed by atoms with Crippen LogP contribution < -0.4 is 10.5 Å². The summed E-state index contributed by atoms with van der Waals surface area (Å²) < 4.78 is 45.5. The molecular formula is C13H21FN2O3S. The Kier molecular flexibility index (Phi) is 5.91. The summed E-state index contributed by atoms with van der Waals surface area (Å²) >= 11 is 0. The summed E-state index contributed by atoms with van der Waals surface area (Å²) in [6.45, 7) is 3.71. The second-order valence-electron chi connectivity index (χ2n) is 4.71. The van der Waals surface area contributed by atoms with Crippen LogP contribution in [0.25, 0.3) is 0 Å². The maximum absolute atomic E-state index is 13.4. The molecule has 1 rings (SSSR count). The minimum absolute atomic E-state index is 0.0360. The normalized spacial score (nSPS) is 13.4. The fourth-order valence-electron chi connectivity index (χ4n) is 1.93. The van der Waals surface area contributed by atoms with E-state index >= 15 is 0 Å². The molecular weight excluding hydrogens is 283 g/mol. The number of halogens is 1. The van der Waals surface area contributed by atoms with Crippen molar-refractivity contribution in [2.75, 3.05) is 19.5 Å². The molecule has 0 aliphatic heterocycles. The van der Waals surface area contributed by atoms with E-state index in [4.69, 9.17) is 10.5 Å². The lowest BCUT2D eigenvalue weighted by molar-refractivity contribution is 0.171. The minimum Gasteiger partial charge on any atom is -0.396 e. The molecule has 3 N–H and O–H groups in total.